The lowest BCUT2D eigenvalue weighted by atomic mass is 10.0. The highest BCUT2D eigenvalue weighted by molar-refractivity contribution is 5.95. The molecule has 0 atom stereocenters. The fraction of sp³-hybridized carbons (Fsp3) is 0.412. The zero-order chi connectivity index (χ0) is 19.8. The van der Waals surface area contributed by atoms with Crippen LogP contribution in [-0.2, 0) is 6.18 Å². The van der Waals surface area contributed by atoms with Gasteiger partial charge in [0.05, 0.1) is 23.5 Å². The number of rotatable bonds is 3. The third kappa shape index (κ3) is 3.64. The Hall–Kier alpha value is -2.91. The summed E-state index contributed by atoms with van der Waals surface area (Å²) in [6.07, 6.45) is -1.49. The van der Waals surface area contributed by atoms with Crippen LogP contribution in [0.3, 0.4) is 0 Å². The molecule has 1 aliphatic rings. The maximum absolute atomic E-state index is 13.1. The van der Waals surface area contributed by atoms with Crippen molar-refractivity contribution in [2.75, 3.05) is 13.1 Å². The molecular weight excluding hydrogens is 365 g/mol. The minimum absolute atomic E-state index is 0.110. The van der Waals surface area contributed by atoms with Gasteiger partial charge in [-0.05, 0) is 31.9 Å². The van der Waals surface area contributed by atoms with Gasteiger partial charge in [-0.2, -0.15) is 18.3 Å². The lowest BCUT2D eigenvalue weighted by Crippen LogP contribution is -2.40. The van der Waals surface area contributed by atoms with Crippen molar-refractivity contribution in [3.8, 4) is 0 Å². The van der Waals surface area contributed by atoms with E-state index in [1.807, 2.05) is 0 Å². The number of hydrogen-bond donors (Lipinski definition) is 1. The number of carboxylic acids is 1. The summed E-state index contributed by atoms with van der Waals surface area (Å²) in [5.74, 6) is -1.78. The molecule has 0 saturated carbocycles. The number of halogens is 3. The number of hydrogen-bond acceptors (Lipinski definition) is 4. The van der Waals surface area contributed by atoms with Crippen LogP contribution in [0, 0.1) is 6.92 Å². The van der Waals surface area contributed by atoms with Crippen molar-refractivity contribution in [2.24, 2.45) is 0 Å². The number of piperidine rings is 1. The number of alkyl halides is 3. The highest BCUT2D eigenvalue weighted by Crippen LogP contribution is 2.32. The second-order valence-electron chi connectivity index (χ2n) is 6.31. The van der Waals surface area contributed by atoms with E-state index in [0.717, 1.165) is 12.3 Å². The monoisotopic (exact) mass is 382 g/mol. The van der Waals surface area contributed by atoms with E-state index in [2.05, 4.69) is 10.1 Å². The summed E-state index contributed by atoms with van der Waals surface area (Å²) in [5, 5.41) is 13.2. The summed E-state index contributed by atoms with van der Waals surface area (Å²) in [7, 11) is 0. The molecule has 144 valence electrons. The summed E-state index contributed by atoms with van der Waals surface area (Å²) >= 11 is 0. The second-order valence-corrected chi connectivity index (χ2v) is 6.31. The van der Waals surface area contributed by atoms with Gasteiger partial charge in [0, 0.05) is 19.3 Å². The van der Waals surface area contributed by atoms with Gasteiger partial charge in [0.1, 0.15) is 5.56 Å². The quantitative estimate of drug-likeness (QED) is 0.882. The van der Waals surface area contributed by atoms with Crippen LogP contribution < -0.4 is 0 Å². The minimum Gasteiger partial charge on any atom is -0.478 e. The van der Waals surface area contributed by atoms with Crippen LogP contribution in [0.1, 0.15) is 51.0 Å². The van der Waals surface area contributed by atoms with E-state index >= 15 is 0 Å². The molecule has 0 radical (unpaired) electrons. The number of carboxylic acid groups (broad SMARTS) is 1. The van der Waals surface area contributed by atoms with Gasteiger partial charge in [0.25, 0.3) is 5.91 Å². The molecule has 0 spiro atoms. The molecule has 1 amide bonds. The number of carbonyl (C=O) groups excluding carboxylic acids is 1. The first-order valence-corrected chi connectivity index (χ1v) is 8.29. The molecule has 3 rings (SSSR count). The van der Waals surface area contributed by atoms with E-state index in [4.69, 9.17) is 5.11 Å². The van der Waals surface area contributed by atoms with Crippen molar-refractivity contribution in [3.05, 3.63) is 47.0 Å². The molecule has 0 aromatic carbocycles. The summed E-state index contributed by atoms with van der Waals surface area (Å²) in [4.78, 5) is 28.4. The average molecular weight is 382 g/mol. The largest absolute Gasteiger partial charge is 0.478 e. The number of aromatic nitrogens is 3. The zero-order valence-corrected chi connectivity index (χ0v) is 14.4. The van der Waals surface area contributed by atoms with Gasteiger partial charge < -0.3 is 10.0 Å². The third-order valence-electron chi connectivity index (χ3n) is 4.68. The number of carbonyl (C=O) groups is 2. The minimum atomic E-state index is -4.70. The van der Waals surface area contributed by atoms with Crippen LogP contribution in [0.2, 0.25) is 0 Å². The number of aromatic carboxylic acids is 1. The molecule has 2 aromatic rings. The van der Waals surface area contributed by atoms with Crippen LogP contribution >= 0.6 is 0 Å². The first-order valence-electron chi connectivity index (χ1n) is 8.29. The smallest absolute Gasteiger partial charge is 0.434 e. The average Bonchev–Trinajstić information content (AvgIpc) is 3.02. The molecule has 27 heavy (non-hydrogen) atoms. The summed E-state index contributed by atoms with van der Waals surface area (Å²) in [5.41, 5.74) is -1.03. The molecule has 10 heteroatoms. The van der Waals surface area contributed by atoms with Gasteiger partial charge in [0.15, 0.2) is 5.69 Å². The molecule has 2 aromatic heterocycles. The van der Waals surface area contributed by atoms with E-state index < -0.39 is 29.3 Å². The lowest BCUT2D eigenvalue weighted by molar-refractivity contribution is -0.141. The Labute approximate surface area is 152 Å². The van der Waals surface area contributed by atoms with Crippen LogP contribution in [0.15, 0.2) is 24.5 Å². The summed E-state index contributed by atoms with van der Waals surface area (Å²) in [6.45, 7) is 2.15. The molecule has 0 unspecified atom stereocenters. The molecule has 0 aliphatic carbocycles. The highest BCUT2D eigenvalue weighted by atomic mass is 19.4. The Balaban J connectivity index is 1.73. The summed E-state index contributed by atoms with van der Waals surface area (Å²) in [6, 6.07) is 2.31. The van der Waals surface area contributed by atoms with Crippen LogP contribution in [0.4, 0.5) is 13.2 Å². The standard InChI is InChI=1S/C17H17F3N4O3/c1-10-13(16(26)27)9-22-24(10)11-4-7-23(8-5-11)15(25)12-3-2-6-21-14(12)17(18,19)20/h2-3,6,9,11H,4-5,7-8H2,1H3,(H,26,27). The van der Waals surface area contributed by atoms with Gasteiger partial charge in [-0.1, -0.05) is 0 Å². The predicted molar refractivity (Wildman–Crippen MR) is 87.3 cm³/mol. The maximum atomic E-state index is 13.1. The maximum Gasteiger partial charge on any atom is 0.434 e. The highest BCUT2D eigenvalue weighted by Gasteiger charge is 2.38. The Morgan fingerprint density at radius 1 is 1.22 bits per heavy atom. The molecular formula is C17H17F3N4O3. The van der Waals surface area contributed by atoms with Gasteiger partial charge in [0.2, 0.25) is 0 Å². The molecule has 1 aliphatic heterocycles. The Morgan fingerprint density at radius 2 is 1.89 bits per heavy atom. The van der Waals surface area contributed by atoms with Crippen LogP contribution in [0.25, 0.3) is 0 Å². The lowest BCUT2D eigenvalue weighted by Gasteiger charge is -2.33. The van der Waals surface area contributed by atoms with Crippen molar-refractivity contribution < 1.29 is 27.9 Å². The fourth-order valence-electron chi connectivity index (χ4n) is 3.29. The number of likely N-dealkylation sites (tertiary alicyclic amines) is 1. The van der Waals surface area contributed by atoms with Crippen molar-refractivity contribution >= 4 is 11.9 Å². The molecule has 1 N–H and O–H groups in total. The van der Waals surface area contributed by atoms with Gasteiger partial charge in [-0.3, -0.25) is 14.5 Å². The summed E-state index contributed by atoms with van der Waals surface area (Å²) < 4.78 is 40.8. The van der Waals surface area contributed by atoms with Crippen molar-refractivity contribution in [1.29, 1.82) is 0 Å². The van der Waals surface area contributed by atoms with Gasteiger partial charge in [-0.25, -0.2) is 4.79 Å². The topological polar surface area (TPSA) is 88.3 Å². The third-order valence-corrected chi connectivity index (χ3v) is 4.68. The Bertz CT molecular complexity index is 871. The molecule has 0 bridgehead atoms. The van der Waals surface area contributed by atoms with E-state index in [-0.39, 0.29) is 24.7 Å². The SMILES string of the molecule is Cc1c(C(=O)O)cnn1C1CCN(C(=O)c2cccnc2C(F)(F)F)CC1. The Morgan fingerprint density at radius 3 is 2.44 bits per heavy atom. The zero-order valence-electron chi connectivity index (χ0n) is 14.4. The fourth-order valence-corrected chi connectivity index (χ4v) is 3.29. The number of nitrogens with zero attached hydrogens (tertiary/aromatic N) is 4. The van der Waals surface area contributed by atoms with E-state index in [1.54, 1.807) is 11.6 Å². The number of pyridine rings is 1. The normalized spacial score (nSPS) is 15.8. The van der Waals surface area contributed by atoms with Crippen LogP contribution in [0.5, 0.6) is 0 Å². The van der Waals surface area contributed by atoms with E-state index in [0.29, 0.717) is 18.5 Å². The van der Waals surface area contributed by atoms with Crippen molar-refractivity contribution in [1.82, 2.24) is 19.7 Å². The first kappa shape index (κ1) is 18.9. The number of amides is 1. The van der Waals surface area contributed by atoms with E-state index in [1.165, 1.54) is 17.2 Å². The van der Waals surface area contributed by atoms with Crippen LogP contribution in [-0.4, -0.2) is 49.7 Å². The molecule has 3 heterocycles. The van der Waals surface area contributed by atoms with Crippen molar-refractivity contribution in [2.45, 2.75) is 32.0 Å². The first-order chi connectivity index (χ1) is 12.7. The van der Waals surface area contributed by atoms with Crippen molar-refractivity contribution in [3.63, 3.8) is 0 Å². The Kier molecular flexibility index (Phi) is 4.90. The van der Waals surface area contributed by atoms with E-state index in [9.17, 15) is 22.8 Å². The molecule has 1 fully saturated rings. The molecule has 1 saturated heterocycles. The second kappa shape index (κ2) is 7.01. The molecule has 7 nitrogen and oxygen atoms in total. The predicted octanol–water partition coefficient (Wildman–Crippen LogP) is 2.78. The van der Waals surface area contributed by atoms with Gasteiger partial charge in [-0.15, -0.1) is 0 Å². The van der Waals surface area contributed by atoms with Gasteiger partial charge >= 0.3 is 12.1 Å².